The number of amides is 2. The molecule has 1 aromatic carbocycles. The van der Waals surface area contributed by atoms with Crippen LogP contribution in [0.1, 0.15) is 77.6 Å². The number of pyridine rings is 1. The maximum atomic E-state index is 14.1. The van der Waals surface area contributed by atoms with E-state index in [0.717, 1.165) is 19.3 Å². The molecule has 0 radical (unpaired) electrons. The summed E-state index contributed by atoms with van der Waals surface area (Å²) in [4.78, 5) is 45.8. The SMILES string of the molecule is CCCCCCCCCCC1C(=O)N(c2ccccc2)C(=O)C1(CCC(=O)OC)Sc1ccccn1. The molecule has 7 heteroatoms. The second kappa shape index (κ2) is 14.2. The molecule has 1 aliphatic rings. The molecule has 2 aromatic rings. The van der Waals surface area contributed by atoms with Crippen molar-refractivity contribution in [1.82, 2.24) is 4.98 Å². The second-order valence-electron chi connectivity index (χ2n) is 9.37. The molecule has 0 spiro atoms. The standard InChI is InChI=1S/C29H38N2O4S/c1-3-4-5-6-7-8-9-13-18-24-27(33)31(23-16-11-10-12-17-23)28(34)29(24,21-20-26(32)35-2)36-25-19-14-15-22-30-25/h10-12,14-17,19,22,24H,3-9,13,18,20-21H2,1-2H3. The molecule has 6 nitrogen and oxygen atoms in total. The monoisotopic (exact) mass is 510 g/mol. The molecule has 2 amide bonds. The van der Waals surface area contributed by atoms with Crippen LogP contribution in [0.2, 0.25) is 0 Å². The molecule has 3 rings (SSSR count). The summed E-state index contributed by atoms with van der Waals surface area (Å²) in [5.41, 5.74) is 0.565. The Morgan fingerprint density at radius 1 is 0.972 bits per heavy atom. The molecule has 2 atom stereocenters. The van der Waals surface area contributed by atoms with Crippen molar-refractivity contribution in [2.45, 2.75) is 87.3 Å². The number of aromatic nitrogens is 1. The highest BCUT2D eigenvalue weighted by molar-refractivity contribution is 8.01. The number of para-hydroxylation sites is 1. The third-order valence-corrected chi connectivity index (χ3v) is 8.34. The summed E-state index contributed by atoms with van der Waals surface area (Å²) < 4.78 is 3.78. The summed E-state index contributed by atoms with van der Waals surface area (Å²) >= 11 is 1.32. The van der Waals surface area contributed by atoms with Gasteiger partial charge in [-0.25, -0.2) is 9.88 Å². The van der Waals surface area contributed by atoms with Crippen molar-refractivity contribution in [3.8, 4) is 0 Å². The third-order valence-electron chi connectivity index (χ3n) is 6.86. The van der Waals surface area contributed by atoms with Crippen molar-refractivity contribution in [2.24, 2.45) is 5.92 Å². The Kier molecular flexibility index (Phi) is 11.0. The van der Waals surface area contributed by atoms with E-state index >= 15 is 0 Å². The number of anilines is 1. The van der Waals surface area contributed by atoms with Gasteiger partial charge in [-0.1, -0.05) is 94.3 Å². The number of thioether (sulfide) groups is 1. The molecule has 2 unspecified atom stereocenters. The number of unbranched alkanes of at least 4 members (excludes halogenated alkanes) is 7. The number of esters is 1. The first kappa shape index (κ1) is 27.9. The first-order valence-corrected chi connectivity index (χ1v) is 14.0. The first-order valence-electron chi connectivity index (χ1n) is 13.1. The first-order chi connectivity index (χ1) is 17.5. The summed E-state index contributed by atoms with van der Waals surface area (Å²) in [6.07, 6.45) is 11.8. The van der Waals surface area contributed by atoms with Crippen LogP contribution in [0.3, 0.4) is 0 Å². The number of rotatable bonds is 15. The summed E-state index contributed by atoms with van der Waals surface area (Å²) in [5.74, 6) is -1.40. The van der Waals surface area contributed by atoms with Gasteiger partial charge in [-0.15, -0.1) is 0 Å². The maximum Gasteiger partial charge on any atom is 0.305 e. The van der Waals surface area contributed by atoms with Gasteiger partial charge < -0.3 is 4.74 Å². The van der Waals surface area contributed by atoms with Crippen LogP contribution < -0.4 is 4.90 Å². The minimum atomic E-state index is -1.11. The summed E-state index contributed by atoms with van der Waals surface area (Å²) in [6.45, 7) is 2.22. The number of carbonyl (C=O) groups excluding carboxylic acids is 3. The average molecular weight is 511 g/mol. The van der Waals surface area contributed by atoms with E-state index in [-0.39, 0.29) is 30.6 Å². The number of hydrogen-bond acceptors (Lipinski definition) is 6. The number of benzene rings is 1. The zero-order valence-electron chi connectivity index (χ0n) is 21.5. The number of methoxy groups -OCH3 is 1. The lowest BCUT2D eigenvalue weighted by atomic mass is 9.85. The highest BCUT2D eigenvalue weighted by atomic mass is 32.2. The van der Waals surface area contributed by atoms with Crippen LogP contribution in [0.4, 0.5) is 5.69 Å². The minimum Gasteiger partial charge on any atom is -0.469 e. The fourth-order valence-corrected chi connectivity index (χ4v) is 6.26. The Bertz CT molecular complexity index is 985. The fraction of sp³-hybridized carbons (Fsp3) is 0.517. The molecule has 0 saturated carbocycles. The molecular weight excluding hydrogens is 472 g/mol. The molecule has 0 aliphatic carbocycles. The maximum absolute atomic E-state index is 14.1. The van der Waals surface area contributed by atoms with E-state index in [4.69, 9.17) is 4.74 Å². The molecule has 194 valence electrons. The topological polar surface area (TPSA) is 76.6 Å². The molecule has 1 aliphatic heterocycles. The molecule has 1 saturated heterocycles. The fourth-order valence-electron chi connectivity index (χ4n) is 4.89. The van der Waals surface area contributed by atoms with E-state index in [0.29, 0.717) is 17.1 Å². The van der Waals surface area contributed by atoms with E-state index in [9.17, 15) is 14.4 Å². The van der Waals surface area contributed by atoms with Gasteiger partial charge in [0.2, 0.25) is 5.91 Å². The summed E-state index contributed by atoms with van der Waals surface area (Å²) in [7, 11) is 1.34. The van der Waals surface area contributed by atoms with Gasteiger partial charge in [-0.05, 0) is 37.1 Å². The van der Waals surface area contributed by atoms with Crippen LogP contribution in [0, 0.1) is 5.92 Å². The quantitative estimate of drug-likeness (QED) is 0.153. The molecule has 0 bridgehead atoms. The van der Waals surface area contributed by atoms with Crippen molar-refractivity contribution >= 4 is 35.2 Å². The minimum absolute atomic E-state index is 0.0614. The van der Waals surface area contributed by atoms with Crippen LogP contribution in [0.15, 0.2) is 59.8 Å². The van der Waals surface area contributed by atoms with Crippen molar-refractivity contribution in [2.75, 3.05) is 12.0 Å². The van der Waals surface area contributed by atoms with E-state index < -0.39 is 10.7 Å². The lowest BCUT2D eigenvalue weighted by Crippen LogP contribution is -2.41. The zero-order chi connectivity index (χ0) is 25.8. The molecule has 1 aromatic heterocycles. The van der Waals surface area contributed by atoms with Crippen LogP contribution in [0.5, 0.6) is 0 Å². The van der Waals surface area contributed by atoms with Gasteiger partial charge in [-0.2, -0.15) is 0 Å². The van der Waals surface area contributed by atoms with Crippen molar-refractivity contribution in [3.05, 3.63) is 54.7 Å². The smallest absolute Gasteiger partial charge is 0.305 e. The van der Waals surface area contributed by atoms with E-state index in [1.165, 1.54) is 55.9 Å². The van der Waals surface area contributed by atoms with E-state index in [1.807, 2.05) is 36.4 Å². The molecule has 0 N–H and O–H groups in total. The Balaban J connectivity index is 1.86. The number of imide groups is 1. The Labute approximate surface area is 219 Å². The molecule has 2 heterocycles. The molecule has 36 heavy (non-hydrogen) atoms. The Hall–Kier alpha value is -2.67. The van der Waals surface area contributed by atoms with Crippen molar-refractivity contribution < 1.29 is 19.1 Å². The van der Waals surface area contributed by atoms with Crippen LogP contribution >= 0.6 is 11.8 Å². The number of carbonyl (C=O) groups is 3. The molecular formula is C29H38N2O4S. The highest BCUT2D eigenvalue weighted by Gasteiger charge is 2.60. The average Bonchev–Trinajstić information content (AvgIpc) is 3.10. The number of ether oxygens (including phenoxy) is 1. The van der Waals surface area contributed by atoms with Gasteiger partial charge in [0.05, 0.1) is 23.7 Å². The number of nitrogens with zero attached hydrogens (tertiary/aromatic N) is 2. The predicted octanol–water partition coefficient (Wildman–Crippen LogP) is 6.59. The normalized spacial score (nSPS) is 19.6. The Morgan fingerprint density at radius 3 is 2.28 bits per heavy atom. The van der Waals surface area contributed by atoms with Gasteiger partial charge in [0, 0.05) is 12.6 Å². The summed E-state index contributed by atoms with van der Waals surface area (Å²) in [6, 6.07) is 14.6. The van der Waals surface area contributed by atoms with E-state index in [2.05, 4.69) is 11.9 Å². The predicted molar refractivity (Wildman–Crippen MR) is 144 cm³/mol. The van der Waals surface area contributed by atoms with Gasteiger partial charge >= 0.3 is 5.97 Å². The second-order valence-corrected chi connectivity index (χ2v) is 10.7. The van der Waals surface area contributed by atoms with Gasteiger partial charge in [0.25, 0.3) is 5.91 Å². The lowest BCUT2D eigenvalue weighted by Gasteiger charge is -2.30. The number of hydrogen-bond donors (Lipinski definition) is 0. The third kappa shape index (κ3) is 6.96. The van der Waals surface area contributed by atoms with Crippen LogP contribution in [0.25, 0.3) is 0 Å². The van der Waals surface area contributed by atoms with E-state index in [1.54, 1.807) is 18.3 Å². The van der Waals surface area contributed by atoms with Gasteiger partial charge in [0.15, 0.2) is 0 Å². The van der Waals surface area contributed by atoms with Crippen molar-refractivity contribution in [3.63, 3.8) is 0 Å². The zero-order valence-corrected chi connectivity index (χ0v) is 22.3. The van der Waals surface area contributed by atoms with Gasteiger partial charge in [-0.3, -0.25) is 14.4 Å². The lowest BCUT2D eigenvalue weighted by molar-refractivity contribution is -0.141. The molecule has 1 fully saturated rings. The van der Waals surface area contributed by atoms with Gasteiger partial charge in [0.1, 0.15) is 4.75 Å². The largest absolute Gasteiger partial charge is 0.469 e. The summed E-state index contributed by atoms with van der Waals surface area (Å²) in [5, 5.41) is 0.666. The Morgan fingerprint density at radius 2 is 1.64 bits per heavy atom. The van der Waals surface area contributed by atoms with Crippen LogP contribution in [-0.2, 0) is 19.1 Å². The highest BCUT2D eigenvalue weighted by Crippen LogP contribution is 2.50. The van der Waals surface area contributed by atoms with Crippen molar-refractivity contribution in [1.29, 1.82) is 0 Å². The van der Waals surface area contributed by atoms with Crippen LogP contribution in [-0.4, -0.2) is 34.6 Å².